The molecular weight excluding hydrogens is 290 g/mol. The van der Waals surface area contributed by atoms with E-state index < -0.39 is 10.0 Å². The lowest BCUT2D eigenvalue weighted by Gasteiger charge is -2.32. The molecule has 0 aliphatic carbocycles. The second-order valence-electron chi connectivity index (χ2n) is 4.85. The highest BCUT2D eigenvalue weighted by molar-refractivity contribution is 7.89. The van der Waals surface area contributed by atoms with E-state index in [1.165, 1.54) is 12.1 Å². The smallest absolute Gasteiger partial charge is 0.241 e. The first-order valence-electron chi connectivity index (χ1n) is 6.89. The van der Waals surface area contributed by atoms with E-state index in [9.17, 15) is 8.42 Å². The third-order valence-electron chi connectivity index (χ3n) is 3.47. The molecule has 1 aromatic carbocycles. The molecule has 1 unspecified atom stereocenters. The highest BCUT2D eigenvalue weighted by Gasteiger charge is 2.23. The topological polar surface area (TPSA) is 82.4 Å². The molecule has 1 aromatic rings. The molecular formula is C14H19N3O3S. The van der Waals surface area contributed by atoms with Crippen LogP contribution in [0.15, 0.2) is 29.2 Å². The summed E-state index contributed by atoms with van der Waals surface area (Å²) >= 11 is 0. The minimum absolute atomic E-state index is 0.00987. The average Bonchev–Trinajstić information content (AvgIpc) is 2.53. The van der Waals surface area contributed by atoms with Crippen molar-refractivity contribution < 1.29 is 13.2 Å². The molecule has 0 aromatic heterocycles. The third-order valence-corrected chi connectivity index (χ3v) is 4.95. The number of nitrogens with one attached hydrogen (secondary N) is 1. The summed E-state index contributed by atoms with van der Waals surface area (Å²) in [7, 11) is -3.70. The van der Waals surface area contributed by atoms with Crippen molar-refractivity contribution in [3.05, 3.63) is 29.8 Å². The fourth-order valence-corrected chi connectivity index (χ4v) is 3.49. The van der Waals surface area contributed by atoms with Crippen LogP contribution in [-0.4, -0.2) is 52.2 Å². The maximum Gasteiger partial charge on any atom is 0.241 e. The van der Waals surface area contributed by atoms with Crippen LogP contribution in [0.1, 0.15) is 12.5 Å². The van der Waals surface area contributed by atoms with Gasteiger partial charge < -0.3 is 4.74 Å². The fraction of sp³-hybridized carbons (Fsp3) is 0.500. The van der Waals surface area contributed by atoms with Crippen molar-refractivity contribution in [2.75, 3.05) is 32.8 Å². The van der Waals surface area contributed by atoms with Crippen molar-refractivity contribution in [3.63, 3.8) is 0 Å². The third kappa shape index (κ3) is 4.02. The maximum absolute atomic E-state index is 12.3. The van der Waals surface area contributed by atoms with Crippen molar-refractivity contribution in [1.82, 2.24) is 9.62 Å². The normalized spacial score (nSPS) is 20.1. The van der Waals surface area contributed by atoms with Gasteiger partial charge in [0.05, 0.1) is 23.2 Å². The van der Waals surface area contributed by atoms with Gasteiger partial charge in [0, 0.05) is 19.6 Å². The summed E-state index contributed by atoms with van der Waals surface area (Å²) in [5.74, 6) is 0. The number of rotatable bonds is 5. The Balaban J connectivity index is 2.03. The number of morpholine rings is 1. The van der Waals surface area contributed by atoms with Gasteiger partial charge in [-0.1, -0.05) is 19.1 Å². The average molecular weight is 309 g/mol. The van der Waals surface area contributed by atoms with E-state index in [1.807, 2.05) is 6.07 Å². The maximum atomic E-state index is 12.3. The number of hydrogen-bond donors (Lipinski definition) is 1. The molecule has 7 heteroatoms. The molecule has 0 bridgehead atoms. The molecule has 0 radical (unpaired) electrons. The second kappa shape index (κ2) is 7.00. The minimum Gasteiger partial charge on any atom is -0.374 e. The Labute approximate surface area is 125 Å². The van der Waals surface area contributed by atoms with Gasteiger partial charge in [0.15, 0.2) is 0 Å². The van der Waals surface area contributed by atoms with Crippen LogP contribution in [0.4, 0.5) is 0 Å². The van der Waals surface area contributed by atoms with E-state index in [0.717, 1.165) is 13.1 Å². The van der Waals surface area contributed by atoms with Crippen LogP contribution in [-0.2, 0) is 14.8 Å². The summed E-state index contributed by atoms with van der Waals surface area (Å²) in [5, 5.41) is 8.99. The van der Waals surface area contributed by atoms with Crippen molar-refractivity contribution in [1.29, 1.82) is 5.26 Å². The summed E-state index contributed by atoms with van der Waals surface area (Å²) in [4.78, 5) is 2.22. The van der Waals surface area contributed by atoms with Gasteiger partial charge in [-0.2, -0.15) is 5.26 Å². The number of nitriles is 1. The summed E-state index contributed by atoms with van der Waals surface area (Å²) in [6.45, 7) is 5.38. The van der Waals surface area contributed by atoms with Gasteiger partial charge in [-0.05, 0) is 18.7 Å². The van der Waals surface area contributed by atoms with Crippen LogP contribution >= 0.6 is 0 Å². The van der Waals surface area contributed by atoms with E-state index in [2.05, 4.69) is 16.5 Å². The Morgan fingerprint density at radius 2 is 2.24 bits per heavy atom. The summed E-state index contributed by atoms with van der Waals surface area (Å²) < 4.78 is 32.6. The standard InChI is InChI=1S/C14H19N3O3S/c1-2-17-7-8-20-13(11-17)10-16-21(18,19)14-6-4-3-5-12(14)9-15/h3-6,13,16H,2,7-8,10-11H2,1H3. The van der Waals surface area contributed by atoms with Gasteiger partial charge in [-0.3, -0.25) is 4.90 Å². The molecule has 2 rings (SSSR count). The van der Waals surface area contributed by atoms with Gasteiger partial charge in [0.1, 0.15) is 6.07 Å². The quantitative estimate of drug-likeness (QED) is 0.859. The molecule has 0 amide bonds. The molecule has 6 nitrogen and oxygen atoms in total. The largest absolute Gasteiger partial charge is 0.374 e. The number of hydrogen-bond acceptors (Lipinski definition) is 5. The fourth-order valence-electron chi connectivity index (χ4n) is 2.26. The Hall–Kier alpha value is -1.46. The van der Waals surface area contributed by atoms with E-state index in [0.29, 0.717) is 13.2 Å². The van der Waals surface area contributed by atoms with E-state index in [1.54, 1.807) is 12.1 Å². The zero-order chi connectivity index (χ0) is 15.3. The van der Waals surface area contributed by atoms with Crippen molar-refractivity contribution in [2.45, 2.75) is 17.9 Å². The number of ether oxygens (including phenoxy) is 1. The lowest BCUT2D eigenvalue weighted by atomic mass is 10.2. The molecule has 1 heterocycles. The highest BCUT2D eigenvalue weighted by Crippen LogP contribution is 2.14. The van der Waals surface area contributed by atoms with Crippen LogP contribution in [0.5, 0.6) is 0 Å². The molecule has 21 heavy (non-hydrogen) atoms. The van der Waals surface area contributed by atoms with Gasteiger partial charge >= 0.3 is 0 Å². The molecule has 1 fully saturated rings. The molecule has 1 N–H and O–H groups in total. The monoisotopic (exact) mass is 309 g/mol. The summed E-state index contributed by atoms with van der Waals surface area (Å²) in [5.41, 5.74) is 0.143. The first-order valence-corrected chi connectivity index (χ1v) is 8.38. The predicted molar refractivity (Wildman–Crippen MR) is 78.2 cm³/mol. The van der Waals surface area contributed by atoms with E-state index >= 15 is 0 Å². The molecule has 1 aliphatic rings. The number of sulfonamides is 1. The first kappa shape index (κ1) is 15.9. The van der Waals surface area contributed by atoms with Gasteiger partial charge in [0.25, 0.3) is 0 Å². The van der Waals surface area contributed by atoms with Crippen LogP contribution in [0.2, 0.25) is 0 Å². The second-order valence-corrected chi connectivity index (χ2v) is 6.58. The lowest BCUT2D eigenvalue weighted by molar-refractivity contribution is -0.0229. The van der Waals surface area contributed by atoms with Crippen LogP contribution < -0.4 is 4.72 Å². The highest BCUT2D eigenvalue weighted by atomic mass is 32.2. The first-order chi connectivity index (χ1) is 10.1. The number of likely N-dealkylation sites (N-methyl/N-ethyl adjacent to an activating group) is 1. The molecule has 1 saturated heterocycles. The number of benzene rings is 1. The lowest BCUT2D eigenvalue weighted by Crippen LogP contribution is -2.47. The SMILES string of the molecule is CCN1CCOC(CNS(=O)(=O)c2ccccc2C#N)C1. The minimum atomic E-state index is -3.70. The molecule has 1 atom stereocenters. The Morgan fingerprint density at radius 1 is 1.48 bits per heavy atom. The van der Waals surface area contributed by atoms with Crippen molar-refractivity contribution in [2.24, 2.45) is 0 Å². The van der Waals surface area contributed by atoms with Crippen LogP contribution in [0.25, 0.3) is 0 Å². The van der Waals surface area contributed by atoms with Gasteiger partial charge in [-0.25, -0.2) is 13.1 Å². The summed E-state index contributed by atoms with van der Waals surface area (Å²) in [6.07, 6.45) is -0.164. The molecule has 1 aliphatic heterocycles. The van der Waals surface area contributed by atoms with E-state index in [-0.39, 0.29) is 23.1 Å². The Kier molecular flexibility index (Phi) is 5.31. The predicted octanol–water partition coefficient (Wildman–Crippen LogP) is 0.557. The molecule has 0 spiro atoms. The van der Waals surface area contributed by atoms with Crippen LogP contribution in [0, 0.1) is 11.3 Å². The molecule has 0 saturated carbocycles. The van der Waals surface area contributed by atoms with Crippen molar-refractivity contribution >= 4 is 10.0 Å². The molecule has 114 valence electrons. The zero-order valence-corrected chi connectivity index (χ0v) is 12.8. The van der Waals surface area contributed by atoms with Gasteiger partial charge in [0.2, 0.25) is 10.0 Å². The van der Waals surface area contributed by atoms with Crippen molar-refractivity contribution in [3.8, 4) is 6.07 Å². The van der Waals surface area contributed by atoms with Gasteiger partial charge in [-0.15, -0.1) is 0 Å². The van der Waals surface area contributed by atoms with Crippen LogP contribution in [0.3, 0.4) is 0 Å². The van der Waals surface area contributed by atoms with E-state index in [4.69, 9.17) is 10.00 Å². The number of nitrogens with zero attached hydrogens (tertiary/aromatic N) is 2. The zero-order valence-electron chi connectivity index (χ0n) is 11.9. The Morgan fingerprint density at radius 3 is 2.95 bits per heavy atom. The summed E-state index contributed by atoms with van der Waals surface area (Å²) in [6, 6.07) is 8.06. The Bertz CT molecular complexity index is 625.